The highest BCUT2D eigenvalue weighted by atomic mass is 32.1. The summed E-state index contributed by atoms with van der Waals surface area (Å²) in [5.41, 5.74) is 1.22. The minimum Gasteiger partial charge on any atom is -0.306 e. The first-order valence-electron chi connectivity index (χ1n) is 5.88. The molecule has 0 bridgehead atoms. The minimum atomic E-state index is -0.161. The van der Waals surface area contributed by atoms with Crippen molar-refractivity contribution in [1.29, 1.82) is 5.26 Å². The number of rotatable bonds is 4. The van der Waals surface area contributed by atoms with Crippen molar-refractivity contribution in [2.24, 2.45) is 0 Å². The van der Waals surface area contributed by atoms with E-state index >= 15 is 0 Å². The molecule has 4 nitrogen and oxygen atoms in total. The number of anilines is 1. The van der Waals surface area contributed by atoms with Crippen LogP contribution in [0.3, 0.4) is 0 Å². The summed E-state index contributed by atoms with van der Waals surface area (Å²) in [4.78, 5) is 18.2. The Kier molecular flexibility index (Phi) is 4.26. The van der Waals surface area contributed by atoms with Gasteiger partial charge in [-0.2, -0.15) is 5.26 Å². The van der Waals surface area contributed by atoms with Gasteiger partial charge < -0.3 is 4.90 Å². The van der Waals surface area contributed by atoms with Crippen LogP contribution in [-0.2, 0) is 0 Å². The third-order valence-corrected chi connectivity index (χ3v) is 3.37. The highest BCUT2D eigenvalue weighted by molar-refractivity contribution is 7.09. The van der Waals surface area contributed by atoms with Gasteiger partial charge in [0.25, 0.3) is 5.91 Å². The third kappa shape index (κ3) is 3.18. The Morgan fingerprint density at radius 3 is 2.74 bits per heavy atom. The quantitative estimate of drug-likeness (QED) is 0.859. The van der Waals surface area contributed by atoms with Crippen molar-refractivity contribution in [1.82, 2.24) is 4.98 Å². The van der Waals surface area contributed by atoms with Crippen LogP contribution in [-0.4, -0.2) is 17.4 Å². The molecule has 0 radical (unpaired) electrons. The van der Waals surface area contributed by atoms with Crippen molar-refractivity contribution < 1.29 is 4.79 Å². The van der Waals surface area contributed by atoms with E-state index in [1.807, 2.05) is 37.3 Å². The van der Waals surface area contributed by atoms with Crippen LogP contribution in [0.25, 0.3) is 0 Å². The number of aromatic nitrogens is 1. The van der Waals surface area contributed by atoms with Crippen molar-refractivity contribution in [3.8, 4) is 6.07 Å². The normalized spacial score (nSPS) is 9.89. The fourth-order valence-electron chi connectivity index (χ4n) is 1.72. The first-order chi connectivity index (χ1) is 9.22. The summed E-state index contributed by atoms with van der Waals surface area (Å²) in [6.45, 7) is 2.24. The van der Waals surface area contributed by atoms with Crippen molar-refractivity contribution in [3.63, 3.8) is 0 Å². The van der Waals surface area contributed by atoms with Crippen LogP contribution in [0.15, 0.2) is 35.7 Å². The number of hydrogen-bond acceptors (Lipinski definition) is 4. The molecule has 0 N–H and O–H groups in total. The largest absolute Gasteiger partial charge is 0.306 e. The molecule has 1 aromatic carbocycles. The van der Waals surface area contributed by atoms with Gasteiger partial charge in [-0.15, -0.1) is 11.3 Å². The first kappa shape index (κ1) is 13.2. The van der Waals surface area contributed by atoms with Gasteiger partial charge in [0.1, 0.15) is 5.69 Å². The van der Waals surface area contributed by atoms with Gasteiger partial charge in [-0.25, -0.2) is 4.98 Å². The first-order valence-corrected chi connectivity index (χ1v) is 6.76. The standard InChI is InChI=1S/C14H13N3OS/c1-11-16-13(10-19-11)14(18)17(9-5-8-15)12-6-3-2-4-7-12/h2-4,6-7,10H,5,9H2,1H3. The molecular weight excluding hydrogens is 258 g/mol. The summed E-state index contributed by atoms with van der Waals surface area (Å²) in [7, 11) is 0. The van der Waals surface area contributed by atoms with Crippen LogP contribution < -0.4 is 4.90 Å². The Labute approximate surface area is 115 Å². The maximum Gasteiger partial charge on any atom is 0.277 e. The Morgan fingerprint density at radius 1 is 1.42 bits per heavy atom. The number of thiazole rings is 1. The molecule has 0 unspecified atom stereocenters. The Bertz CT molecular complexity index is 601. The molecule has 0 saturated heterocycles. The Balaban J connectivity index is 2.28. The molecule has 96 valence electrons. The monoisotopic (exact) mass is 271 g/mol. The molecule has 1 aromatic heterocycles. The molecule has 0 aliphatic heterocycles. The SMILES string of the molecule is Cc1nc(C(=O)N(CCC#N)c2ccccc2)cs1. The number of nitriles is 1. The number of aryl methyl sites for hydroxylation is 1. The maximum absolute atomic E-state index is 12.4. The van der Waals surface area contributed by atoms with E-state index in [9.17, 15) is 4.79 Å². The predicted octanol–water partition coefficient (Wildman–Crippen LogP) is 3.01. The topological polar surface area (TPSA) is 57.0 Å². The summed E-state index contributed by atoms with van der Waals surface area (Å²) in [5.74, 6) is -0.161. The van der Waals surface area contributed by atoms with Gasteiger partial charge in [-0.3, -0.25) is 4.79 Å². The van der Waals surface area contributed by atoms with E-state index < -0.39 is 0 Å². The van der Waals surface area contributed by atoms with Gasteiger partial charge >= 0.3 is 0 Å². The zero-order valence-electron chi connectivity index (χ0n) is 10.5. The summed E-state index contributed by atoms with van der Waals surface area (Å²) in [6.07, 6.45) is 0.295. The molecule has 2 aromatic rings. The van der Waals surface area contributed by atoms with Crippen molar-refractivity contribution in [2.75, 3.05) is 11.4 Å². The van der Waals surface area contributed by atoms with E-state index in [0.29, 0.717) is 18.7 Å². The highest BCUT2D eigenvalue weighted by Gasteiger charge is 2.19. The summed E-state index contributed by atoms with van der Waals surface area (Å²) >= 11 is 1.45. The van der Waals surface area contributed by atoms with Gasteiger partial charge in [-0.05, 0) is 19.1 Å². The average molecular weight is 271 g/mol. The lowest BCUT2D eigenvalue weighted by Crippen LogP contribution is -2.32. The Morgan fingerprint density at radius 2 is 2.16 bits per heavy atom. The van der Waals surface area contributed by atoms with E-state index in [1.54, 1.807) is 10.3 Å². The van der Waals surface area contributed by atoms with Crippen LogP contribution in [0.4, 0.5) is 5.69 Å². The summed E-state index contributed by atoms with van der Waals surface area (Å²) in [5, 5.41) is 11.3. The maximum atomic E-state index is 12.4. The number of para-hydroxylation sites is 1. The molecule has 1 heterocycles. The zero-order valence-corrected chi connectivity index (χ0v) is 11.4. The molecular formula is C14H13N3OS. The third-order valence-electron chi connectivity index (χ3n) is 2.60. The van der Waals surface area contributed by atoms with Gasteiger partial charge in [0.15, 0.2) is 0 Å². The average Bonchev–Trinajstić information content (AvgIpc) is 2.87. The predicted molar refractivity (Wildman–Crippen MR) is 75.2 cm³/mol. The molecule has 5 heteroatoms. The molecule has 0 fully saturated rings. The summed E-state index contributed by atoms with van der Waals surface area (Å²) < 4.78 is 0. The molecule has 0 aliphatic rings. The number of amides is 1. The lowest BCUT2D eigenvalue weighted by Gasteiger charge is -2.20. The lowest BCUT2D eigenvalue weighted by atomic mass is 10.2. The number of benzene rings is 1. The highest BCUT2D eigenvalue weighted by Crippen LogP contribution is 2.18. The molecule has 19 heavy (non-hydrogen) atoms. The van der Waals surface area contributed by atoms with Crippen molar-refractivity contribution in [3.05, 3.63) is 46.4 Å². The molecule has 0 spiro atoms. The minimum absolute atomic E-state index is 0.161. The van der Waals surface area contributed by atoms with E-state index in [4.69, 9.17) is 5.26 Å². The number of carbonyl (C=O) groups excluding carboxylic acids is 1. The fraction of sp³-hybridized carbons (Fsp3) is 0.214. The second-order valence-corrected chi connectivity index (χ2v) is 5.01. The number of hydrogen-bond donors (Lipinski definition) is 0. The van der Waals surface area contributed by atoms with Crippen LogP contribution in [0, 0.1) is 18.3 Å². The molecule has 1 amide bonds. The molecule has 2 rings (SSSR count). The van der Waals surface area contributed by atoms with Gasteiger partial charge in [0, 0.05) is 17.6 Å². The molecule has 0 aliphatic carbocycles. The van der Waals surface area contributed by atoms with Crippen molar-refractivity contribution >= 4 is 22.9 Å². The van der Waals surface area contributed by atoms with Crippen LogP contribution >= 0.6 is 11.3 Å². The van der Waals surface area contributed by atoms with E-state index in [0.717, 1.165) is 10.7 Å². The van der Waals surface area contributed by atoms with E-state index in [-0.39, 0.29) is 5.91 Å². The van der Waals surface area contributed by atoms with Crippen LogP contribution in [0.5, 0.6) is 0 Å². The second kappa shape index (κ2) is 6.12. The van der Waals surface area contributed by atoms with E-state index in [2.05, 4.69) is 11.1 Å². The molecule has 0 atom stereocenters. The van der Waals surface area contributed by atoms with Crippen LogP contribution in [0.1, 0.15) is 21.9 Å². The van der Waals surface area contributed by atoms with Gasteiger partial charge in [0.2, 0.25) is 0 Å². The number of nitrogens with zero attached hydrogens (tertiary/aromatic N) is 3. The lowest BCUT2D eigenvalue weighted by molar-refractivity contribution is 0.0983. The second-order valence-electron chi connectivity index (χ2n) is 3.95. The smallest absolute Gasteiger partial charge is 0.277 e. The van der Waals surface area contributed by atoms with E-state index in [1.165, 1.54) is 11.3 Å². The summed E-state index contributed by atoms with van der Waals surface area (Å²) in [6, 6.07) is 11.4. The Hall–Kier alpha value is -2.19. The number of carbonyl (C=O) groups is 1. The van der Waals surface area contributed by atoms with Gasteiger partial charge in [0.05, 0.1) is 17.5 Å². The molecule has 0 saturated carbocycles. The van der Waals surface area contributed by atoms with Crippen LogP contribution in [0.2, 0.25) is 0 Å². The zero-order chi connectivity index (χ0) is 13.7. The van der Waals surface area contributed by atoms with Crippen molar-refractivity contribution in [2.45, 2.75) is 13.3 Å². The van der Waals surface area contributed by atoms with Gasteiger partial charge in [-0.1, -0.05) is 18.2 Å². The fourth-order valence-corrected chi connectivity index (χ4v) is 2.30.